The van der Waals surface area contributed by atoms with Crippen molar-refractivity contribution in [3.8, 4) is 0 Å². The molecule has 2 aromatic carbocycles. The largest absolute Gasteiger partial charge is 0.341 e. The van der Waals surface area contributed by atoms with Gasteiger partial charge in [0, 0.05) is 25.2 Å². The highest BCUT2D eigenvalue weighted by Crippen LogP contribution is 2.23. The van der Waals surface area contributed by atoms with Gasteiger partial charge in [0.1, 0.15) is 0 Å². The maximum atomic E-state index is 12.5. The van der Waals surface area contributed by atoms with Crippen LogP contribution in [0.3, 0.4) is 0 Å². The molecule has 0 aliphatic carbocycles. The van der Waals surface area contributed by atoms with Crippen LogP contribution in [0, 0.1) is 5.92 Å². The van der Waals surface area contributed by atoms with Crippen LogP contribution in [-0.4, -0.2) is 37.4 Å². The zero-order valence-corrected chi connectivity index (χ0v) is 15.5. The van der Waals surface area contributed by atoms with Gasteiger partial charge >= 0.3 is 5.76 Å². The zero-order chi connectivity index (χ0) is 20.3. The van der Waals surface area contributed by atoms with Gasteiger partial charge in [-0.1, -0.05) is 30.3 Å². The number of likely N-dealkylation sites (tertiary alicyclic amines) is 1. The van der Waals surface area contributed by atoms with Crippen molar-refractivity contribution in [3.05, 3.63) is 60.2 Å². The van der Waals surface area contributed by atoms with E-state index in [0.29, 0.717) is 6.54 Å². The van der Waals surface area contributed by atoms with E-state index in [9.17, 15) is 26.8 Å². The van der Waals surface area contributed by atoms with Crippen molar-refractivity contribution in [2.24, 2.45) is 5.92 Å². The van der Waals surface area contributed by atoms with E-state index in [2.05, 4.69) is 5.32 Å². The fourth-order valence-electron chi connectivity index (χ4n) is 2.98. The summed E-state index contributed by atoms with van der Waals surface area (Å²) in [4.78, 5) is 25.7. The molecule has 6 nitrogen and oxygen atoms in total. The van der Waals surface area contributed by atoms with Gasteiger partial charge in [0.15, 0.2) is 0 Å². The van der Waals surface area contributed by atoms with Gasteiger partial charge in [0.2, 0.25) is 21.7 Å². The average Bonchev–Trinajstić information content (AvgIpc) is 3.03. The number of hydrogen-bond acceptors (Lipinski definition) is 4. The minimum Gasteiger partial charge on any atom is -0.338 e. The summed E-state index contributed by atoms with van der Waals surface area (Å²) >= 11 is 0. The minimum absolute atomic E-state index is 0.0799. The molecule has 0 saturated carbocycles. The number of sulfone groups is 1. The molecule has 148 valence electrons. The third-order valence-corrected chi connectivity index (χ3v) is 5.88. The van der Waals surface area contributed by atoms with Crippen LogP contribution < -0.4 is 5.32 Å². The molecule has 0 radical (unpaired) electrons. The Morgan fingerprint density at radius 3 is 2.36 bits per heavy atom. The quantitative estimate of drug-likeness (QED) is 0.797. The molecule has 28 heavy (non-hydrogen) atoms. The summed E-state index contributed by atoms with van der Waals surface area (Å²) in [5.74, 6) is -4.55. The van der Waals surface area contributed by atoms with Crippen LogP contribution in [-0.2, 0) is 26.0 Å². The predicted octanol–water partition coefficient (Wildman–Crippen LogP) is 2.67. The summed E-state index contributed by atoms with van der Waals surface area (Å²) < 4.78 is 47.9. The number of carbonyl (C=O) groups is 2. The number of hydrogen-bond donors (Lipinski definition) is 1. The summed E-state index contributed by atoms with van der Waals surface area (Å²) in [5, 5.41) is 2.60. The zero-order valence-electron chi connectivity index (χ0n) is 14.7. The second-order valence-electron chi connectivity index (χ2n) is 6.48. The molecule has 1 N–H and O–H groups in total. The second-order valence-corrected chi connectivity index (χ2v) is 8.40. The van der Waals surface area contributed by atoms with Crippen LogP contribution in [0.5, 0.6) is 0 Å². The number of nitrogens with one attached hydrogen (secondary N) is 1. The van der Waals surface area contributed by atoms with Gasteiger partial charge in [-0.3, -0.25) is 9.59 Å². The standard InChI is InChI=1S/C19H18F2N2O4S/c20-19(21)28(26,27)16-8-6-15(7-9-16)22-18(25)14-10-17(24)23(12-14)11-13-4-2-1-3-5-13/h1-9,14,19H,10-12H2,(H,22,25)/t14-/m0/s1. The molecule has 1 fully saturated rings. The molecule has 0 unspecified atom stereocenters. The first-order chi connectivity index (χ1) is 13.3. The van der Waals surface area contributed by atoms with E-state index < -0.39 is 26.4 Å². The van der Waals surface area contributed by atoms with Crippen molar-refractivity contribution < 1.29 is 26.8 Å². The molecule has 9 heteroatoms. The lowest BCUT2D eigenvalue weighted by molar-refractivity contribution is -0.128. The molecular formula is C19H18F2N2O4S. The summed E-state index contributed by atoms with van der Waals surface area (Å²) in [5.41, 5.74) is 1.24. The Kier molecular flexibility index (Phi) is 5.73. The normalized spacial score (nSPS) is 17.2. The van der Waals surface area contributed by atoms with E-state index in [-0.39, 0.29) is 30.5 Å². The monoisotopic (exact) mass is 408 g/mol. The number of amides is 2. The van der Waals surface area contributed by atoms with E-state index in [1.54, 1.807) is 4.90 Å². The fourth-order valence-corrected chi connectivity index (χ4v) is 3.70. The third kappa shape index (κ3) is 4.36. The van der Waals surface area contributed by atoms with Crippen molar-refractivity contribution in [2.45, 2.75) is 23.6 Å². The summed E-state index contributed by atoms with van der Waals surface area (Å²) in [7, 11) is -4.68. The third-order valence-electron chi connectivity index (χ3n) is 4.49. The summed E-state index contributed by atoms with van der Waals surface area (Å²) in [6, 6.07) is 13.9. The lowest BCUT2D eigenvalue weighted by Gasteiger charge is -2.16. The molecule has 1 aliphatic heterocycles. The van der Waals surface area contributed by atoms with E-state index in [0.717, 1.165) is 17.7 Å². The van der Waals surface area contributed by atoms with Crippen molar-refractivity contribution in [3.63, 3.8) is 0 Å². The van der Waals surface area contributed by atoms with Crippen LogP contribution in [0.4, 0.5) is 14.5 Å². The van der Waals surface area contributed by atoms with Gasteiger partial charge in [-0.15, -0.1) is 0 Å². The number of halogens is 2. The Morgan fingerprint density at radius 2 is 1.75 bits per heavy atom. The molecule has 0 bridgehead atoms. The molecule has 2 amide bonds. The highest BCUT2D eigenvalue weighted by atomic mass is 32.2. The van der Waals surface area contributed by atoms with Crippen molar-refractivity contribution >= 4 is 27.3 Å². The van der Waals surface area contributed by atoms with Gasteiger partial charge in [-0.2, -0.15) is 8.78 Å². The highest BCUT2D eigenvalue weighted by molar-refractivity contribution is 7.91. The van der Waals surface area contributed by atoms with E-state index in [1.165, 1.54) is 12.1 Å². The molecule has 0 aromatic heterocycles. The highest BCUT2D eigenvalue weighted by Gasteiger charge is 2.34. The molecule has 1 saturated heterocycles. The topological polar surface area (TPSA) is 83.5 Å². The Bertz CT molecular complexity index is 963. The number of anilines is 1. The number of nitrogens with zero attached hydrogens (tertiary/aromatic N) is 1. The Labute approximate surface area is 161 Å². The van der Waals surface area contributed by atoms with E-state index >= 15 is 0 Å². The lowest BCUT2D eigenvalue weighted by atomic mass is 10.1. The van der Waals surface area contributed by atoms with Crippen LogP contribution in [0.25, 0.3) is 0 Å². The fraction of sp³-hybridized carbons (Fsp3) is 0.263. The number of carbonyl (C=O) groups excluding carboxylic acids is 2. The first kappa shape index (κ1) is 19.9. The van der Waals surface area contributed by atoms with E-state index in [4.69, 9.17) is 0 Å². The smallest absolute Gasteiger partial charge is 0.338 e. The predicted molar refractivity (Wildman–Crippen MR) is 98.2 cm³/mol. The molecule has 1 aliphatic rings. The van der Waals surface area contributed by atoms with Gasteiger partial charge in [-0.25, -0.2) is 8.42 Å². The number of alkyl halides is 2. The lowest BCUT2D eigenvalue weighted by Crippen LogP contribution is -2.28. The van der Waals surface area contributed by atoms with Crippen molar-refractivity contribution in [2.75, 3.05) is 11.9 Å². The van der Waals surface area contributed by atoms with Crippen LogP contribution in [0.15, 0.2) is 59.5 Å². The molecule has 3 rings (SSSR count). The Hall–Kier alpha value is -2.81. The molecule has 1 atom stereocenters. The molecular weight excluding hydrogens is 390 g/mol. The van der Waals surface area contributed by atoms with Crippen molar-refractivity contribution in [1.29, 1.82) is 0 Å². The van der Waals surface area contributed by atoms with Crippen LogP contribution in [0.2, 0.25) is 0 Å². The Balaban J connectivity index is 1.61. The first-order valence-corrected chi connectivity index (χ1v) is 10.1. The van der Waals surface area contributed by atoms with Gasteiger partial charge in [-0.05, 0) is 29.8 Å². The van der Waals surface area contributed by atoms with Crippen LogP contribution >= 0.6 is 0 Å². The average molecular weight is 408 g/mol. The number of rotatable bonds is 6. The summed E-state index contributed by atoms with van der Waals surface area (Å²) in [6.45, 7) is 0.695. The van der Waals surface area contributed by atoms with Gasteiger partial charge in [0.25, 0.3) is 0 Å². The molecule has 1 heterocycles. The SMILES string of the molecule is O=C(Nc1ccc(S(=O)(=O)C(F)F)cc1)[C@H]1CC(=O)N(Cc2ccccc2)C1. The van der Waals surface area contributed by atoms with E-state index in [1.807, 2.05) is 30.3 Å². The minimum atomic E-state index is -4.68. The van der Waals surface area contributed by atoms with Crippen molar-refractivity contribution in [1.82, 2.24) is 4.90 Å². The molecule has 0 spiro atoms. The Morgan fingerprint density at radius 1 is 1.11 bits per heavy atom. The first-order valence-electron chi connectivity index (χ1n) is 8.52. The number of benzene rings is 2. The maximum Gasteiger partial charge on any atom is 0.341 e. The van der Waals surface area contributed by atoms with Crippen LogP contribution in [0.1, 0.15) is 12.0 Å². The second kappa shape index (κ2) is 8.05. The molecule has 2 aromatic rings. The van der Waals surface area contributed by atoms with Gasteiger partial charge < -0.3 is 10.2 Å². The summed E-state index contributed by atoms with van der Waals surface area (Å²) in [6.07, 6.45) is 0.0799. The van der Waals surface area contributed by atoms with Gasteiger partial charge in [0.05, 0.1) is 10.8 Å². The maximum absolute atomic E-state index is 12.5.